The smallest absolute Gasteiger partial charge is 0.480 e. The highest BCUT2D eigenvalue weighted by molar-refractivity contribution is 5.75. The molecule has 41 heavy (non-hydrogen) atoms. The van der Waals surface area contributed by atoms with Crippen molar-refractivity contribution >= 4 is 24.2 Å². The van der Waals surface area contributed by atoms with Crippen molar-refractivity contribution in [2.45, 2.75) is 80.2 Å². The van der Waals surface area contributed by atoms with E-state index in [1.807, 2.05) is 41.5 Å². The van der Waals surface area contributed by atoms with Crippen LogP contribution in [0.4, 0.5) is 9.59 Å². The van der Waals surface area contributed by atoms with Crippen LogP contribution in [0.3, 0.4) is 0 Å². The average Bonchev–Trinajstić information content (AvgIpc) is 2.87. The molecule has 1 rings (SSSR count). The zero-order chi connectivity index (χ0) is 31.3. The lowest BCUT2D eigenvalue weighted by Gasteiger charge is -2.28. The van der Waals surface area contributed by atoms with Gasteiger partial charge in [-0.05, 0) is 54.2 Å². The molecule has 0 fully saturated rings. The molecule has 3 N–H and O–H groups in total. The van der Waals surface area contributed by atoms with E-state index in [4.69, 9.17) is 29.4 Å². The summed E-state index contributed by atoms with van der Waals surface area (Å²) in [6.07, 6.45) is -0.770. The molecule has 1 aromatic rings. The summed E-state index contributed by atoms with van der Waals surface area (Å²) in [5.74, 6) is -3.05. The Hall–Kier alpha value is -3.34. The summed E-state index contributed by atoms with van der Waals surface area (Å²) in [7, 11) is 0. The Morgan fingerprint density at radius 3 is 1.76 bits per heavy atom. The quantitative estimate of drug-likeness (QED) is 0.138. The van der Waals surface area contributed by atoms with E-state index in [1.54, 1.807) is 13.8 Å². The van der Waals surface area contributed by atoms with E-state index in [2.05, 4.69) is 0 Å². The first kappa shape index (κ1) is 35.7. The number of esters is 1. The molecule has 11 nitrogen and oxygen atoms in total. The molecule has 11 heteroatoms. The van der Waals surface area contributed by atoms with Gasteiger partial charge >= 0.3 is 24.2 Å². The zero-order valence-corrected chi connectivity index (χ0v) is 25.5. The van der Waals surface area contributed by atoms with Crippen LogP contribution in [0.1, 0.15) is 79.7 Å². The monoisotopic (exact) mass is 581 g/mol. The Labute approximate surface area is 243 Å². The van der Waals surface area contributed by atoms with Gasteiger partial charge in [-0.2, -0.15) is 0 Å². The number of carboxylic acid groups (broad SMARTS) is 1. The van der Waals surface area contributed by atoms with Crippen molar-refractivity contribution in [3.05, 3.63) is 23.8 Å². The first-order valence-corrected chi connectivity index (χ1v) is 14.1. The molecule has 0 spiro atoms. The predicted molar refractivity (Wildman–Crippen MR) is 152 cm³/mol. The molecule has 232 valence electrons. The van der Waals surface area contributed by atoms with Crippen LogP contribution in [0, 0.1) is 29.6 Å². The topological polar surface area (TPSA) is 161 Å². The number of rotatable bonds is 16. The van der Waals surface area contributed by atoms with Gasteiger partial charge in [-0.15, -0.1) is 0 Å². The molecule has 0 aliphatic heterocycles. The average molecular weight is 582 g/mol. The van der Waals surface area contributed by atoms with Gasteiger partial charge in [0.25, 0.3) is 0 Å². The Morgan fingerprint density at radius 1 is 0.780 bits per heavy atom. The fourth-order valence-electron chi connectivity index (χ4n) is 3.65. The first-order valence-electron chi connectivity index (χ1n) is 14.1. The van der Waals surface area contributed by atoms with Gasteiger partial charge in [0.2, 0.25) is 0 Å². The minimum Gasteiger partial charge on any atom is -0.480 e. The standard InChI is InChI=1S/C30H47NO10/c1-17(2)11-13-37-29(35)40-23-10-9-22(15-24(23)41-30(36)38-14-12-18(3)4)25(26(31)27(32)33)20(7)16-39-28(34)21(8)19(5)6/h9-10,15,17-21,25-26H,11-14,16,31H2,1-8H3,(H,32,33)/t20?,21?,25?,26-/m0/s1. The number of ether oxygens (including phenoxy) is 5. The highest BCUT2D eigenvalue weighted by Crippen LogP contribution is 2.36. The third-order valence-corrected chi connectivity index (χ3v) is 6.71. The largest absolute Gasteiger partial charge is 0.513 e. The van der Waals surface area contributed by atoms with Gasteiger partial charge in [-0.25, -0.2) is 9.59 Å². The summed E-state index contributed by atoms with van der Waals surface area (Å²) in [4.78, 5) is 49.1. The van der Waals surface area contributed by atoms with Crippen LogP contribution in [0.15, 0.2) is 18.2 Å². The molecule has 0 heterocycles. The third kappa shape index (κ3) is 12.8. The first-order chi connectivity index (χ1) is 19.1. The van der Waals surface area contributed by atoms with Crippen LogP contribution in [0.25, 0.3) is 0 Å². The summed E-state index contributed by atoms with van der Waals surface area (Å²) in [5, 5.41) is 9.73. The van der Waals surface area contributed by atoms with Gasteiger partial charge in [0.15, 0.2) is 11.5 Å². The summed E-state index contributed by atoms with van der Waals surface area (Å²) in [6, 6.07) is 2.85. The van der Waals surface area contributed by atoms with Crippen LogP contribution in [-0.2, 0) is 23.8 Å². The molecular weight excluding hydrogens is 534 g/mol. The van der Waals surface area contributed by atoms with Gasteiger partial charge < -0.3 is 34.5 Å². The molecule has 0 aliphatic carbocycles. The number of hydrogen-bond donors (Lipinski definition) is 2. The second-order valence-electron chi connectivity index (χ2n) is 11.5. The van der Waals surface area contributed by atoms with Gasteiger partial charge in [0.05, 0.1) is 25.7 Å². The van der Waals surface area contributed by atoms with Gasteiger partial charge in [0, 0.05) is 5.92 Å². The molecule has 0 bridgehead atoms. The number of nitrogens with two attached hydrogens (primary N) is 1. The number of carboxylic acids is 1. The maximum absolute atomic E-state index is 12.4. The molecule has 0 aromatic heterocycles. The van der Waals surface area contributed by atoms with Gasteiger partial charge in [0.1, 0.15) is 6.04 Å². The maximum atomic E-state index is 12.4. The van der Waals surface area contributed by atoms with Crippen molar-refractivity contribution in [1.82, 2.24) is 0 Å². The van der Waals surface area contributed by atoms with Gasteiger partial charge in [-0.1, -0.05) is 61.5 Å². The normalized spacial score (nSPS) is 14.2. The lowest BCUT2D eigenvalue weighted by atomic mass is 9.82. The summed E-state index contributed by atoms with van der Waals surface area (Å²) in [5.41, 5.74) is 6.44. The van der Waals surface area contributed by atoms with E-state index in [0.717, 1.165) is 0 Å². The van der Waals surface area contributed by atoms with E-state index < -0.39 is 42.1 Å². The maximum Gasteiger partial charge on any atom is 0.513 e. The van der Waals surface area contributed by atoms with Crippen LogP contribution in [0.2, 0.25) is 0 Å². The fraction of sp³-hybridized carbons (Fsp3) is 0.667. The second kappa shape index (κ2) is 17.5. The third-order valence-electron chi connectivity index (χ3n) is 6.71. The van der Waals surface area contributed by atoms with Crippen LogP contribution >= 0.6 is 0 Å². The van der Waals surface area contributed by atoms with E-state index in [9.17, 15) is 24.3 Å². The summed E-state index contributed by atoms with van der Waals surface area (Å²) in [6.45, 7) is 15.4. The Morgan fingerprint density at radius 2 is 1.29 bits per heavy atom. The lowest BCUT2D eigenvalue weighted by molar-refractivity contribution is -0.151. The molecule has 0 saturated carbocycles. The summed E-state index contributed by atoms with van der Waals surface area (Å²) < 4.78 is 26.4. The molecule has 0 radical (unpaired) electrons. The van der Waals surface area contributed by atoms with Crippen LogP contribution < -0.4 is 15.2 Å². The van der Waals surface area contributed by atoms with Crippen molar-refractivity contribution in [3.63, 3.8) is 0 Å². The molecule has 0 aliphatic rings. The Balaban J connectivity index is 3.30. The number of benzene rings is 1. The highest BCUT2D eigenvalue weighted by Gasteiger charge is 2.33. The SMILES string of the molecule is CC(C)CCOC(=O)Oc1ccc(C(C(C)COC(=O)C(C)C(C)C)[C@H](N)C(=O)O)cc1OC(=O)OCCC(C)C. The predicted octanol–water partition coefficient (Wildman–Crippen LogP) is 5.78. The van der Waals surface area contributed by atoms with Crippen LogP contribution in [-0.4, -0.2) is 55.2 Å². The minimum absolute atomic E-state index is 0.0690. The van der Waals surface area contributed by atoms with E-state index in [-0.39, 0.29) is 43.2 Å². The number of carbonyl (C=O) groups excluding carboxylic acids is 3. The molecule has 3 unspecified atom stereocenters. The molecule has 4 atom stereocenters. The zero-order valence-electron chi connectivity index (χ0n) is 25.5. The van der Waals surface area contributed by atoms with Crippen LogP contribution in [0.5, 0.6) is 11.5 Å². The van der Waals surface area contributed by atoms with Crippen molar-refractivity contribution in [2.75, 3.05) is 19.8 Å². The summed E-state index contributed by atoms with van der Waals surface area (Å²) >= 11 is 0. The van der Waals surface area contributed by atoms with Crippen molar-refractivity contribution in [3.8, 4) is 11.5 Å². The second-order valence-corrected chi connectivity index (χ2v) is 11.5. The Kier molecular flexibility index (Phi) is 15.2. The number of carbonyl (C=O) groups is 4. The number of hydrogen-bond acceptors (Lipinski definition) is 10. The van der Waals surface area contributed by atoms with Crippen molar-refractivity contribution in [2.24, 2.45) is 35.3 Å². The number of aliphatic carboxylic acids is 1. The lowest BCUT2D eigenvalue weighted by Crippen LogP contribution is -2.41. The van der Waals surface area contributed by atoms with Crippen molar-refractivity contribution in [1.29, 1.82) is 0 Å². The fourth-order valence-corrected chi connectivity index (χ4v) is 3.65. The van der Waals surface area contributed by atoms with Gasteiger partial charge in [-0.3, -0.25) is 9.59 Å². The molecular formula is C30H47NO10. The van der Waals surface area contributed by atoms with Crippen molar-refractivity contribution < 1.29 is 48.0 Å². The van der Waals surface area contributed by atoms with E-state index in [1.165, 1.54) is 18.2 Å². The minimum atomic E-state index is -1.38. The molecule has 1 aromatic carbocycles. The highest BCUT2D eigenvalue weighted by atomic mass is 16.7. The van der Waals surface area contributed by atoms with E-state index >= 15 is 0 Å². The molecule has 0 amide bonds. The Bertz CT molecular complexity index is 1010. The molecule has 0 saturated heterocycles. The van der Waals surface area contributed by atoms with E-state index in [0.29, 0.717) is 30.2 Å².